The fourth-order valence-electron chi connectivity index (χ4n) is 6.67. The predicted octanol–water partition coefficient (Wildman–Crippen LogP) is 0.714. The van der Waals surface area contributed by atoms with Crippen LogP contribution in [0.5, 0.6) is 0 Å². The van der Waals surface area contributed by atoms with E-state index in [0.29, 0.717) is 6.42 Å². The Kier molecular flexibility index (Phi) is 17.5. The molecule has 0 amide bonds. The summed E-state index contributed by atoms with van der Waals surface area (Å²) in [5.41, 5.74) is 5.99. The molecule has 0 spiro atoms. The molecule has 3 aliphatic heterocycles. The second kappa shape index (κ2) is 20.8. The van der Waals surface area contributed by atoms with Crippen LogP contribution in [0.15, 0.2) is 48.6 Å². The van der Waals surface area contributed by atoms with Gasteiger partial charge in [0.25, 0.3) is 0 Å². The van der Waals surface area contributed by atoms with Crippen LogP contribution in [0.1, 0.15) is 78.6 Å². The van der Waals surface area contributed by atoms with E-state index < -0.39 is 110 Å². The minimum absolute atomic E-state index is 0.0690. The average molecular weight is 742 g/mol. The van der Waals surface area contributed by atoms with Crippen molar-refractivity contribution < 1.29 is 69.4 Å². The Balaban J connectivity index is 1.88. The first kappa shape index (κ1) is 43.9. The number of carboxylic acids is 1. The number of rotatable bonds is 4. The standard InChI is InChI=1S/C37H59NO14/c1-21(2)28-14-12-10-8-6-4-5-7-9-11-13-24(50-36-34(45)32(38)33(44)22(3)49-36)18-29-31(35(46)47)27(42)20-37(48,52-29)19-23(39)17-26(41)25(40)15-16-30(43)51-28/h4-9,11,13,21-29,31-34,36,39-42,44-45,48H,10,12,14-20,38H2,1-3H3,(H,46,47)/b5-4-,8-6-,9-7-,13-11-/t22-,23?,24?,25?,26?,27?,28?,29?,31?,32+,33-,34+,36+,37?/m1/s1. The van der Waals surface area contributed by atoms with Crippen LogP contribution in [0, 0.1) is 11.8 Å². The van der Waals surface area contributed by atoms with E-state index in [1.165, 1.54) is 0 Å². The van der Waals surface area contributed by atoms with Gasteiger partial charge in [-0.2, -0.15) is 0 Å². The molecule has 3 heterocycles. The predicted molar refractivity (Wildman–Crippen MR) is 187 cm³/mol. The quantitative estimate of drug-likeness (QED) is 0.180. The van der Waals surface area contributed by atoms with Gasteiger partial charge < -0.3 is 65.5 Å². The number of carbonyl (C=O) groups excluding carboxylic acids is 1. The molecule has 0 aromatic carbocycles. The van der Waals surface area contributed by atoms with Gasteiger partial charge in [-0.3, -0.25) is 9.59 Å². The maximum atomic E-state index is 12.6. The normalized spacial score (nSPS) is 43.5. The second-order valence-corrected chi connectivity index (χ2v) is 14.5. The van der Waals surface area contributed by atoms with E-state index in [2.05, 4.69) is 0 Å². The number of aliphatic hydroxyl groups is 7. The highest BCUT2D eigenvalue weighted by molar-refractivity contribution is 5.71. The molecule has 15 heteroatoms. The molecule has 2 fully saturated rings. The summed E-state index contributed by atoms with van der Waals surface area (Å²) in [7, 11) is 0. The van der Waals surface area contributed by atoms with E-state index >= 15 is 0 Å². The summed E-state index contributed by atoms with van der Waals surface area (Å²) in [6.45, 7) is 5.45. The lowest BCUT2D eigenvalue weighted by atomic mass is 9.82. The van der Waals surface area contributed by atoms with Crippen molar-refractivity contribution in [3.8, 4) is 0 Å². The van der Waals surface area contributed by atoms with Gasteiger partial charge in [0, 0.05) is 32.1 Å². The molecule has 10 N–H and O–H groups in total. The van der Waals surface area contributed by atoms with Gasteiger partial charge in [-0.05, 0) is 38.5 Å². The Hall–Kier alpha value is -2.54. The van der Waals surface area contributed by atoms with E-state index in [9.17, 15) is 50.4 Å². The van der Waals surface area contributed by atoms with Crippen LogP contribution >= 0.6 is 0 Å². The van der Waals surface area contributed by atoms with Crippen molar-refractivity contribution in [2.75, 3.05) is 0 Å². The molecule has 0 saturated carbocycles. The Labute approximate surface area is 305 Å². The van der Waals surface area contributed by atoms with Crippen LogP contribution in [-0.4, -0.2) is 132 Å². The smallest absolute Gasteiger partial charge is 0.311 e. The summed E-state index contributed by atoms with van der Waals surface area (Å²) in [6, 6.07) is -1.11. The highest BCUT2D eigenvalue weighted by Crippen LogP contribution is 2.38. The number of fused-ring (bicyclic) bond motifs is 2. The molecule has 14 atom stereocenters. The van der Waals surface area contributed by atoms with Crippen LogP contribution in [-0.2, 0) is 28.5 Å². The van der Waals surface area contributed by atoms with Crippen molar-refractivity contribution in [1.29, 1.82) is 0 Å². The van der Waals surface area contributed by atoms with E-state index in [0.717, 1.165) is 12.8 Å². The minimum atomic E-state index is -2.25. The Morgan fingerprint density at radius 2 is 1.60 bits per heavy atom. The van der Waals surface area contributed by atoms with Gasteiger partial charge in [0.05, 0.1) is 54.9 Å². The summed E-state index contributed by atoms with van der Waals surface area (Å²) in [6.07, 6.45) is 0.558. The molecule has 9 unspecified atom stereocenters. The van der Waals surface area contributed by atoms with Crippen LogP contribution in [0.2, 0.25) is 0 Å². The monoisotopic (exact) mass is 741 g/mol. The fraction of sp³-hybridized carbons (Fsp3) is 0.730. The lowest BCUT2D eigenvalue weighted by Crippen LogP contribution is -2.61. The van der Waals surface area contributed by atoms with Gasteiger partial charge in [0.2, 0.25) is 0 Å². The van der Waals surface area contributed by atoms with Gasteiger partial charge in [-0.1, -0.05) is 62.5 Å². The Morgan fingerprint density at radius 3 is 2.27 bits per heavy atom. The third kappa shape index (κ3) is 13.4. The highest BCUT2D eigenvalue weighted by Gasteiger charge is 2.51. The number of hydrogen-bond donors (Lipinski definition) is 9. The number of cyclic esters (lactones) is 1. The maximum Gasteiger partial charge on any atom is 0.311 e. The molecule has 52 heavy (non-hydrogen) atoms. The average Bonchev–Trinajstić information content (AvgIpc) is 3.05. The van der Waals surface area contributed by atoms with Crippen molar-refractivity contribution in [3.05, 3.63) is 48.6 Å². The number of allylic oxidation sites excluding steroid dienone is 7. The zero-order chi connectivity index (χ0) is 38.6. The maximum absolute atomic E-state index is 12.6. The number of carboxylic acid groups (broad SMARTS) is 1. The highest BCUT2D eigenvalue weighted by atomic mass is 16.7. The number of aliphatic hydroxyl groups excluding tert-OH is 6. The van der Waals surface area contributed by atoms with Crippen molar-refractivity contribution in [1.82, 2.24) is 0 Å². The third-order valence-electron chi connectivity index (χ3n) is 9.73. The summed E-state index contributed by atoms with van der Waals surface area (Å²) in [5.74, 6) is -5.65. The molecule has 0 radical (unpaired) electrons. The number of nitrogens with two attached hydrogens (primary N) is 1. The lowest BCUT2D eigenvalue weighted by Gasteiger charge is -2.45. The number of aliphatic carboxylic acids is 1. The number of esters is 1. The van der Waals surface area contributed by atoms with E-state index in [-0.39, 0.29) is 31.3 Å². The minimum Gasteiger partial charge on any atom is -0.481 e. The molecule has 3 rings (SSSR count). The largest absolute Gasteiger partial charge is 0.481 e. The number of ether oxygens (including phenoxy) is 4. The third-order valence-corrected chi connectivity index (χ3v) is 9.73. The fourth-order valence-corrected chi connectivity index (χ4v) is 6.67. The van der Waals surface area contributed by atoms with Crippen molar-refractivity contribution in [2.45, 2.75) is 158 Å². The lowest BCUT2D eigenvalue weighted by molar-refractivity contribution is -0.308. The van der Waals surface area contributed by atoms with E-state index in [1.807, 2.05) is 32.1 Å². The molecular weight excluding hydrogens is 682 g/mol. The summed E-state index contributed by atoms with van der Waals surface area (Å²) in [5, 5.41) is 85.4. The topological polar surface area (TPSA) is 259 Å². The SMILES string of the molecule is CC(C)C1CCC\C=C/C=C\C=C/C=C\C(O[C@@H]2O[C@H](C)[C@@H](O)[C@H](N)[C@@H]2O)CC2OC(O)(CC(O)CC(O)C(O)CCC(=O)O1)CC(O)C2C(=O)O. The van der Waals surface area contributed by atoms with Crippen molar-refractivity contribution in [2.24, 2.45) is 17.6 Å². The van der Waals surface area contributed by atoms with Gasteiger partial charge in [-0.25, -0.2) is 0 Å². The van der Waals surface area contributed by atoms with Crippen LogP contribution in [0.4, 0.5) is 0 Å². The van der Waals surface area contributed by atoms with Crippen LogP contribution in [0.3, 0.4) is 0 Å². The molecular formula is C37H59NO14. The Morgan fingerprint density at radius 1 is 0.923 bits per heavy atom. The number of carbonyl (C=O) groups is 2. The van der Waals surface area contributed by atoms with Crippen LogP contribution in [0.25, 0.3) is 0 Å². The molecule has 3 aliphatic rings. The first-order chi connectivity index (χ1) is 24.5. The van der Waals surface area contributed by atoms with E-state index in [4.69, 9.17) is 24.7 Å². The molecule has 296 valence electrons. The van der Waals surface area contributed by atoms with Gasteiger partial charge in [0.15, 0.2) is 12.1 Å². The first-order valence-electron chi connectivity index (χ1n) is 18.1. The second-order valence-electron chi connectivity index (χ2n) is 14.5. The van der Waals surface area contributed by atoms with Gasteiger partial charge in [-0.15, -0.1) is 0 Å². The van der Waals surface area contributed by atoms with Gasteiger partial charge >= 0.3 is 11.9 Å². The van der Waals surface area contributed by atoms with Crippen molar-refractivity contribution in [3.63, 3.8) is 0 Å². The number of hydrogen-bond acceptors (Lipinski definition) is 14. The summed E-state index contributed by atoms with van der Waals surface area (Å²) in [4.78, 5) is 24.9. The Bertz CT molecular complexity index is 1240. The molecule has 2 saturated heterocycles. The molecule has 0 aliphatic carbocycles. The molecule has 15 nitrogen and oxygen atoms in total. The zero-order valence-electron chi connectivity index (χ0n) is 30.2. The van der Waals surface area contributed by atoms with Crippen molar-refractivity contribution >= 4 is 11.9 Å². The first-order valence-corrected chi connectivity index (χ1v) is 18.1. The zero-order valence-corrected chi connectivity index (χ0v) is 30.2. The van der Waals surface area contributed by atoms with Crippen LogP contribution < -0.4 is 5.73 Å². The molecule has 0 aromatic heterocycles. The summed E-state index contributed by atoms with van der Waals surface area (Å²) < 4.78 is 23.2. The molecule has 0 aromatic rings. The summed E-state index contributed by atoms with van der Waals surface area (Å²) >= 11 is 0. The molecule has 2 bridgehead atoms. The van der Waals surface area contributed by atoms with Gasteiger partial charge in [0.1, 0.15) is 18.1 Å². The van der Waals surface area contributed by atoms with E-state index in [1.54, 1.807) is 37.3 Å².